The van der Waals surface area contributed by atoms with Crippen LogP contribution in [0.1, 0.15) is 25.0 Å². The van der Waals surface area contributed by atoms with Crippen molar-refractivity contribution in [2.45, 2.75) is 32.5 Å². The molecule has 0 spiro atoms. The van der Waals surface area contributed by atoms with E-state index in [0.29, 0.717) is 30.0 Å². The van der Waals surface area contributed by atoms with Gasteiger partial charge in [-0.05, 0) is 19.4 Å². The van der Waals surface area contributed by atoms with Crippen LogP contribution in [0.4, 0.5) is 5.82 Å². The van der Waals surface area contributed by atoms with Crippen LogP contribution in [0.2, 0.25) is 0 Å². The number of hydrogen-bond donors (Lipinski definition) is 1. The smallest absolute Gasteiger partial charge is 0.285 e. The molecule has 8 nitrogen and oxygen atoms in total. The van der Waals surface area contributed by atoms with Crippen molar-refractivity contribution < 1.29 is 14.5 Å². The van der Waals surface area contributed by atoms with Gasteiger partial charge in [0.05, 0.1) is 36.4 Å². The average Bonchev–Trinajstić information content (AvgIpc) is 3.01. The molecule has 5 heterocycles. The number of anilines is 1. The molecule has 0 atom stereocenters. The predicted molar refractivity (Wildman–Crippen MR) is 97.7 cm³/mol. The zero-order valence-corrected chi connectivity index (χ0v) is 15.5. The molecular weight excluding hydrogens is 354 g/mol. The lowest BCUT2D eigenvalue weighted by Crippen LogP contribution is -2.42. The summed E-state index contributed by atoms with van der Waals surface area (Å²) in [5.74, 6) is 1.07. The Labute approximate surface area is 153 Å². The van der Waals surface area contributed by atoms with Crippen molar-refractivity contribution >= 4 is 37.6 Å². The second-order valence-electron chi connectivity index (χ2n) is 7.38. The molecule has 0 aliphatic carbocycles. The molecule has 0 radical (unpaired) electrons. The van der Waals surface area contributed by atoms with Crippen molar-refractivity contribution in [3.05, 3.63) is 21.5 Å². The van der Waals surface area contributed by atoms with Crippen LogP contribution in [-0.2, 0) is 22.5 Å². The maximum Gasteiger partial charge on any atom is 0.285 e. The molecule has 0 saturated carbocycles. The summed E-state index contributed by atoms with van der Waals surface area (Å²) in [5, 5.41) is 11.5. The van der Waals surface area contributed by atoms with Gasteiger partial charge < -0.3 is 9.47 Å². The quantitative estimate of drug-likeness (QED) is 0.684. The lowest BCUT2D eigenvalue weighted by atomic mass is 9.90. The Kier molecular flexibility index (Phi) is 3.53. The van der Waals surface area contributed by atoms with Crippen LogP contribution in [-0.4, -0.2) is 47.3 Å². The zero-order valence-electron chi connectivity index (χ0n) is 14.7. The maximum absolute atomic E-state index is 12.2. The maximum atomic E-state index is 12.2. The first-order chi connectivity index (χ1) is 12.5. The summed E-state index contributed by atoms with van der Waals surface area (Å²) in [5.41, 5.74) is 2.58. The monoisotopic (exact) mass is 374 g/mol. The minimum Gasteiger partial charge on any atom is -0.373 e. The Morgan fingerprint density at radius 1 is 1.27 bits per heavy atom. The highest BCUT2D eigenvalue weighted by Gasteiger charge is 2.36. The van der Waals surface area contributed by atoms with Crippen molar-refractivity contribution in [1.29, 1.82) is 0 Å². The molecule has 3 aromatic heterocycles. The van der Waals surface area contributed by atoms with E-state index in [-0.39, 0.29) is 11.2 Å². The van der Waals surface area contributed by atoms with E-state index >= 15 is 0 Å². The zero-order chi connectivity index (χ0) is 17.9. The normalized spacial score (nSPS) is 19.8. The van der Waals surface area contributed by atoms with Crippen molar-refractivity contribution in [2.75, 3.05) is 31.2 Å². The molecule has 2 aliphatic heterocycles. The molecule has 2 aliphatic rings. The number of ether oxygens (including phenoxy) is 2. The van der Waals surface area contributed by atoms with Gasteiger partial charge in [-0.1, -0.05) is 16.6 Å². The van der Waals surface area contributed by atoms with Gasteiger partial charge in [0.2, 0.25) is 0 Å². The number of aromatic amines is 2. The van der Waals surface area contributed by atoms with E-state index in [0.717, 1.165) is 41.1 Å². The number of rotatable bonds is 1. The van der Waals surface area contributed by atoms with Crippen LogP contribution in [0, 0.1) is 0 Å². The first-order valence-electron chi connectivity index (χ1n) is 8.75. The number of fused-ring (bicyclic) bond motifs is 5. The lowest BCUT2D eigenvalue weighted by molar-refractivity contribution is -0.329. The Morgan fingerprint density at radius 3 is 2.88 bits per heavy atom. The fourth-order valence-corrected chi connectivity index (χ4v) is 4.89. The molecule has 3 aromatic rings. The molecule has 0 unspecified atom stereocenters. The van der Waals surface area contributed by atoms with Gasteiger partial charge in [-0.2, -0.15) is 0 Å². The van der Waals surface area contributed by atoms with Crippen LogP contribution in [0.3, 0.4) is 0 Å². The van der Waals surface area contributed by atoms with Crippen molar-refractivity contribution in [3.63, 3.8) is 0 Å². The summed E-state index contributed by atoms with van der Waals surface area (Å²) in [6.07, 6.45) is 0.769. The van der Waals surface area contributed by atoms with Crippen LogP contribution in [0.15, 0.2) is 4.79 Å². The van der Waals surface area contributed by atoms with E-state index in [2.05, 4.69) is 39.1 Å². The summed E-state index contributed by atoms with van der Waals surface area (Å²) in [4.78, 5) is 19.0. The summed E-state index contributed by atoms with van der Waals surface area (Å²) < 4.78 is 12.2. The highest BCUT2D eigenvalue weighted by Crippen LogP contribution is 2.40. The summed E-state index contributed by atoms with van der Waals surface area (Å²) in [6, 6.07) is 0. The molecule has 5 rings (SSSR count). The fraction of sp³-hybridized carbons (Fsp3) is 0.529. The Bertz CT molecular complexity index is 1070. The van der Waals surface area contributed by atoms with Gasteiger partial charge >= 0.3 is 0 Å². The summed E-state index contributed by atoms with van der Waals surface area (Å²) in [7, 11) is 0. The summed E-state index contributed by atoms with van der Waals surface area (Å²) in [6.45, 7) is 7.83. The fourth-order valence-electron chi connectivity index (χ4n) is 3.84. The van der Waals surface area contributed by atoms with E-state index in [1.54, 1.807) is 0 Å². The molecule has 1 saturated heterocycles. The van der Waals surface area contributed by atoms with Gasteiger partial charge in [0, 0.05) is 6.42 Å². The number of H-pyrrole nitrogens is 2. The highest BCUT2D eigenvalue weighted by molar-refractivity contribution is 7.25. The predicted octanol–water partition coefficient (Wildman–Crippen LogP) is 1.03. The molecule has 0 amide bonds. The number of thiophene rings is 1. The number of nitrogens with one attached hydrogen (secondary N) is 2. The van der Waals surface area contributed by atoms with Crippen LogP contribution < -0.4 is 15.4 Å². The molecule has 0 bridgehead atoms. The van der Waals surface area contributed by atoms with E-state index in [4.69, 9.17) is 9.47 Å². The molecule has 136 valence electrons. The van der Waals surface area contributed by atoms with Crippen LogP contribution >= 0.6 is 11.3 Å². The van der Waals surface area contributed by atoms with E-state index in [1.165, 1.54) is 16.9 Å². The van der Waals surface area contributed by atoms with Gasteiger partial charge in [-0.15, -0.1) is 5.10 Å². The third kappa shape index (κ3) is 2.42. The van der Waals surface area contributed by atoms with Crippen molar-refractivity contribution in [2.24, 2.45) is 0 Å². The van der Waals surface area contributed by atoms with Gasteiger partial charge in [0.15, 0.2) is 4.83 Å². The van der Waals surface area contributed by atoms with E-state index in [9.17, 15) is 4.79 Å². The lowest BCUT2D eigenvalue weighted by Gasteiger charge is -2.33. The first-order valence-corrected chi connectivity index (χ1v) is 9.56. The van der Waals surface area contributed by atoms with E-state index in [1.807, 2.05) is 0 Å². The average molecular weight is 374 g/mol. The topological polar surface area (TPSA) is 94.5 Å². The minimum absolute atomic E-state index is 0.197. The van der Waals surface area contributed by atoms with Crippen molar-refractivity contribution in [1.82, 2.24) is 15.4 Å². The number of aromatic nitrogens is 4. The SMILES string of the molecule is CC1(C)Cc2c(c(N3CCOCC3)[nH+]c3sc4c(=O)[nH]nnc4c23)CO1. The Hall–Kier alpha value is -2.10. The highest BCUT2D eigenvalue weighted by atomic mass is 32.1. The van der Waals surface area contributed by atoms with Crippen molar-refractivity contribution in [3.8, 4) is 0 Å². The summed E-state index contributed by atoms with van der Waals surface area (Å²) >= 11 is 1.44. The molecule has 26 heavy (non-hydrogen) atoms. The third-order valence-corrected chi connectivity index (χ3v) is 6.20. The second-order valence-corrected chi connectivity index (χ2v) is 8.40. The Morgan fingerprint density at radius 2 is 2.08 bits per heavy atom. The standard InChI is InChI=1S/C17H19N5O3S/c1-17(2)7-9-10(8-25-17)14(22-3-5-24-6-4-22)18-16-11(9)12-13(26-16)15(23)20-21-19-12/h3-8H2,1-2H3,(H,19,20,23)/p+1. The number of pyridine rings is 1. The molecule has 9 heteroatoms. The molecule has 2 N–H and O–H groups in total. The van der Waals surface area contributed by atoms with Gasteiger partial charge in [0.25, 0.3) is 11.4 Å². The van der Waals surface area contributed by atoms with Gasteiger partial charge in [-0.3, -0.25) is 9.69 Å². The molecule has 0 aromatic carbocycles. The van der Waals surface area contributed by atoms with Crippen LogP contribution in [0.25, 0.3) is 20.4 Å². The first kappa shape index (κ1) is 16.1. The van der Waals surface area contributed by atoms with Gasteiger partial charge in [-0.25, -0.2) is 10.1 Å². The Balaban J connectivity index is 1.83. The largest absolute Gasteiger partial charge is 0.373 e. The van der Waals surface area contributed by atoms with Crippen LogP contribution in [0.5, 0.6) is 0 Å². The minimum atomic E-state index is -0.257. The van der Waals surface area contributed by atoms with Gasteiger partial charge in [0.1, 0.15) is 23.3 Å². The third-order valence-electron chi connectivity index (χ3n) is 5.11. The molecular formula is C17H20N5O3S+. The number of morpholine rings is 1. The number of nitrogens with zero attached hydrogens (tertiary/aromatic N) is 3. The molecule has 1 fully saturated rings. The number of hydrogen-bond acceptors (Lipinski definition) is 7. The second kappa shape index (κ2) is 5.70. The van der Waals surface area contributed by atoms with E-state index < -0.39 is 0 Å².